The number of carbonyl (C=O) groups is 2. The summed E-state index contributed by atoms with van der Waals surface area (Å²) in [5, 5.41) is 0. The van der Waals surface area contributed by atoms with Gasteiger partial charge in [-0.3, -0.25) is 14.6 Å². The molecular weight excluding hydrogens is 380 g/mol. The van der Waals surface area contributed by atoms with Crippen molar-refractivity contribution in [1.29, 1.82) is 0 Å². The number of imide groups is 1. The van der Waals surface area contributed by atoms with Gasteiger partial charge in [0.25, 0.3) is 5.91 Å². The molecule has 2 atom stereocenters. The average molecular weight is 403 g/mol. The van der Waals surface area contributed by atoms with E-state index in [1.165, 1.54) is 4.90 Å². The van der Waals surface area contributed by atoms with E-state index in [2.05, 4.69) is 9.98 Å². The standard InChI is InChI=1S/C23H22N4O3/c1-26(2)19(20-10-7-13-30-20)15-24-14-18-16-8-3-4-9-17(16)22(28)27(23(18)29)21-11-5-6-12-25-21/h3-14,18-19H,15H2,1-2H3/p+1/t18?,19-/m0/s1. The molecule has 1 aliphatic heterocycles. The average Bonchev–Trinajstić information content (AvgIpc) is 3.28. The largest absolute Gasteiger partial charge is 0.463 e. The number of benzene rings is 1. The van der Waals surface area contributed by atoms with E-state index in [0.717, 1.165) is 10.7 Å². The Morgan fingerprint density at radius 1 is 1.13 bits per heavy atom. The van der Waals surface area contributed by atoms with Gasteiger partial charge in [0.1, 0.15) is 5.82 Å². The Balaban J connectivity index is 1.66. The van der Waals surface area contributed by atoms with Crippen LogP contribution in [0.15, 0.2) is 76.5 Å². The molecule has 7 heteroatoms. The predicted octanol–water partition coefficient (Wildman–Crippen LogP) is 1.90. The first-order valence-electron chi connectivity index (χ1n) is 9.79. The number of carbonyl (C=O) groups excluding carboxylic acids is 2. The van der Waals surface area contributed by atoms with Crippen LogP contribution in [0.2, 0.25) is 0 Å². The van der Waals surface area contributed by atoms with Gasteiger partial charge in [0, 0.05) is 18.0 Å². The fraction of sp³-hybridized carbons (Fsp3) is 0.217. The van der Waals surface area contributed by atoms with Gasteiger partial charge in [-0.2, -0.15) is 0 Å². The number of aliphatic imine (C=N–C) groups is 1. The van der Waals surface area contributed by atoms with Crippen molar-refractivity contribution in [2.75, 3.05) is 25.5 Å². The third-order valence-corrected chi connectivity index (χ3v) is 5.22. The molecule has 0 radical (unpaired) electrons. The van der Waals surface area contributed by atoms with Crippen LogP contribution in [0.1, 0.15) is 33.6 Å². The molecule has 4 rings (SSSR count). The van der Waals surface area contributed by atoms with Crippen LogP contribution < -0.4 is 9.80 Å². The van der Waals surface area contributed by atoms with Crippen LogP contribution in [0, 0.1) is 0 Å². The van der Waals surface area contributed by atoms with Crippen LogP contribution in [-0.2, 0) is 4.79 Å². The van der Waals surface area contributed by atoms with E-state index in [-0.39, 0.29) is 17.9 Å². The summed E-state index contributed by atoms with van der Waals surface area (Å²) < 4.78 is 5.54. The molecule has 2 aromatic heterocycles. The fourth-order valence-electron chi connectivity index (χ4n) is 3.62. The lowest BCUT2D eigenvalue weighted by atomic mass is 9.89. The third-order valence-electron chi connectivity index (χ3n) is 5.22. The van der Waals surface area contributed by atoms with Gasteiger partial charge in [-0.25, -0.2) is 9.88 Å². The lowest BCUT2D eigenvalue weighted by Crippen LogP contribution is -3.06. The normalized spacial score (nSPS) is 17.6. The minimum absolute atomic E-state index is 0.0266. The summed E-state index contributed by atoms with van der Waals surface area (Å²) in [6.45, 7) is 0.458. The van der Waals surface area contributed by atoms with Gasteiger partial charge in [-0.15, -0.1) is 0 Å². The fourth-order valence-corrected chi connectivity index (χ4v) is 3.62. The minimum atomic E-state index is -0.657. The molecule has 152 valence electrons. The van der Waals surface area contributed by atoms with E-state index in [0.29, 0.717) is 23.5 Å². The highest BCUT2D eigenvalue weighted by Crippen LogP contribution is 2.31. The lowest BCUT2D eigenvalue weighted by Gasteiger charge is -2.30. The number of likely N-dealkylation sites (N-methyl/N-ethyl adjacent to an activating group) is 1. The Bertz CT molecular complexity index is 1060. The molecule has 0 saturated heterocycles. The molecule has 30 heavy (non-hydrogen) atoms. The molecule has 0 fully saturated rings. The van der Waals surface area contributed by atoms with E-state index in [1.807, 2.05) is 32.3 Å². The number of furan rings is 1. The molecule has 0 spiro atoms. The molecule has 0 saturated carbocycles. The van der Waals surface area contributed by atoms with Gasteiger partial charge in [0.15, 0.2) is 11.8 Å². The highest BCUT2D eigenvalue weighted by molar-refractivity contribution is 6.28. The zero-order valence-electron chi connectivity index (χ0n) is 16.9. The van der Waals surface area contributed by atoms with Crippen molar-refractivity contribution >= 4 is 23.8 Å². The van der Waals surface area contributed by atoms with E-state index in [9.17, 15) is 9.59 Å². The second-order valence-corrected chi connectivity index (χ2v) is 7.39. The van der Waals surface area contributed by atoms with E-state index in [1.54, 1.807) is 55.1 Å². The van der Waals surface area contributed by atoms with Gasteiger partial charge >= 0.3 is 0 Å². The van der Waals surface area contributed by atoms with E-state index < -0.39 is 5.92 Å². The van der Waals surface area contributed by atoms with Gasteiger partial charge in [-0.05, 0) is 35.9 Å². The monoisotopic (exact) mass is 403 g/mol. The number of anilines is 1. The van der Waals surface area contributed by atoms with Crippen molar-refractivity contribution in [2.24, 2.45) is 4.99 Å². The second kappa shape index (κ2) is 8.42. The number of hydrogen-bond donors (Lipinski definition) is 1. The van der Waals surface area contributed by atoms with Crippen molar-refractivity contribution in [1.82, 2.24) is 4.98 Å². The van der Waals surface area contributed by atoms with Crippen LogP contribution in [0.5, 0.6) is 0 Å². The first-order chi connectivity index (χ1) is 14.6. The zero-order chi connectivity index (χ0) is 21.1. The van der Waals surface area contributed by atoms with Crippen LogP contribution in [-0.4, -0.2) is 43.7 Å². The lowest BCUT2D eigenvalue weighted by molar-refractivity contribution is -0.891. The summed E-state index contributed by atoms with van der Waals surface area (Å²) >= 11 is 0. The van der Waals surface area contributed by atoms with Crippen molar-refractivity contribution in [3.05, 3.63) is 83.9 Å². The molecule has 1 N–H and O–H groups in total. The molecule has 1 aromatic carbocycles. The van der Waals surface area contributed by atoms with Crippen molar-refractivity contribution in [2.45, 2.75) is 12.0 Å². The smallest absolute Gasteiger partial charge is 0.266 e. The molecule has 0 bridgehead atoms. The summed E-state index contributed by atoms with van der Waals surface area (Å²) in [6, 6.07) is 16.1. The maximum atomic E-state index is 13.3. The SMILES string of the molecule is C[NH+](C)[C@@H](CN=CC1C(=O)N(c2ccccn2)C(=O)c2ccccc21)c1ccco1. The molecule has 2 amide bonds. The van der Waals surface area contributed by atoms with Gasteiger partial charge in [0.2, 0.25) is 5.91 Å². The van der Waals surface area contributed by atoms with Crippen LogP contribution in [0.25, 0.3) is 0 Å². The Kier molecular flexibility index (Phi) is 5.54. The summed E-state index contributed by atoms with van der Waals surface area (Å²) in [5.74, 6) is -0.229. The van der Waals surface area contributed by atoms with Crippen LogP contribution >= 0.6 is 0 Å². The Labute approximate surface area is 174 Å². The quantitative estimate of drug-likeness (QED) is 0.504. The number of pyridine rings is 1. The number of hydrogen-bond acceptors (Lipinski definition) is 5. The Morgan fingerprint density at radius 3 is 2.63 bits per heavy atom. The number of fused-ring (bicyclic) bond motifs is 1. The van der Waals surface area contributed by atoms with Crippen molar-refractivity contribution < 1.29 is 18.9 Å². The summed E-state index contributed by atoms with van der Waals surface area (Å²) in [4.78, 5) is 37.4. The van der Waals surface area contributed by atoms with Gasteiger partial charge < -0.3 is 9.32 Å². The maximum Gasteiger partial charge on any atom is 0.266 e. The maximum absolute atomic E-state index is 13.3. The second-order valence-electron chi connectivity index (χ2n) is 7.39. The molecule has 1 aliphatic rings. The molecule has 3 heterocycles. The molecule has 3 aromatic rings. The number of quaternary nitrogens is 1. The van der Waals surface area contributed by atoms with Gasteiger partial charge in [0.05, 0.1) is 32.8 Å². The Morgan fingerprint density at radius 2 is 1.93 bits per heavy atom. The Hall–Kier alpha value is -3.58. The van der Waals surface area contributed by atoms with Crippen LogP contribution in [0.4, 0.5) is 5.82 Å². The zero-order valence-corrected chi connectivity index (χ0v) is 16.9. The molecule has 0 aliphatic carbocycles. The van der Waals surface area contributed by atoms with Crippen LogP contribution in [0.3, 0.4) is 0 Å². The number of nitrogens with one attached hydrogen (secondary N) is 1. The highest BCUT2D eigenvalue weighted by Gasteiger charge is 2.39. The number of amides is 2. The topological polar surface area (TPSA) is 80.2 Å². The summed E-state index contributed by atoms with van der Waals surface area (Å²) in [6.07, 6.45) is 4.85. The molecular formula is C23H23N4O3+. The third kappa shape index (κ3) is 3.67. The first-order valence-corrected chi connectivity index (χ1v) is 9.79. The predicted molar refractivity (Wildman–Crippen MR) is 113 cm³/mol. The molecule has 1 unspecified atom stereocenters. The molecule has 7 nitrogen and oxygen atoms in total. The number of aromatic nitrogens is 1. The van der Waals surface area contributed by atoms with Crippen molar-refractivity contribution in [3.8, 4) is 0 Å². The minimum Gasteiger partial charge on any atom is -0.463 e. The highest BCUT2D eigenvalue weighted by atomic mass is 16.3. The van der Waals surface area contributed by atoms with Crippen molar-refractivity contribution in [3.63, 3.8) is 0 Å². The summed E-state index contributed by atoms with van der Waals surface area (Å²) in [7, 11) is 4.07. The number of nitrogens with zero attached hydrogens (tertiary/aromatic N) is 3. The van der Waals surface area contributed by atoms with E-state index >= 15 is 0 Å². The summed E-state index contributed by atoms with van der Waals surface area (Å²) in [5.41, 5.74) is 1.15. The van der Waals surface area contributed by atoms with Gasteiger partial charge in [-0.1, -0.05) is 24.3 Å². The number of rotatable bonds is 6. The van der Waals surface area contributed by atoms with E-state index in [4.69, 9.17) is 4.42 Å². The first kappa shape index (κ1) is 19.7.